The van der Waals surface area contributed by atoms with Crippen LogP contribution in [0.25, 0.3) is 0 Å². The Bertz CT molecular complexity index is 603. The summed E-state index contributed by atoms with van der Waals surface area (Å²) in [7, 11) is -4.75. The fraction of sp³-hybridized carbons (Fsp3) is 0.769. The van der Waals surface area contributed by atoms with Crippen molar-refractivity contribution in [2.75, 3.05) is 19.8 Å². The van der Waals surface area contributed by atoms with Gasteiger partial charge < -0.3 is 24.4 Å². The van der Waals surface area contributed by atoms with Crippen LogP contribution in [0.3, 0.4) is 0 Å². The van der Waals surface area contributed by atoms with Gasteiger partial charge in [0, 0.05) is 6.54 Å². The number of carbonyl (C=O) groups is 1. The molecular formula is C13H20N4O6P-. The van der Waals surface area contributed by atoms with Crippen molar-refractivity contribution in [3.63, 3.8) is 0 Å². The van der Waals surface area contributed by atoms with Crippen molar-refractivity contribution in [2.24, 2.45) is 17.8 Å². The van der Waals surface area contributed by atoms with Crippen LogP contribution in [0.1, 0.15) is 24.2 Å². The zero-order chi connectivity index (χ0) is 17.2. The Morgan fingerprint density at radius 2 is 1.96 bits per heavy atom. The van der Waals surface area contributed by atoms with Crippen LogP contribution in [0.15, 0.2) is 0 Å². The minimum absolute atomic E-state index is 0.0597. The largest absolute Gasteiger partial charge is 0.756 e. The van der Waals surface area contributed by atoms with Gasteiger partial charge >= 0.3 is 6.09 Å². The van der Waals surface area contributed by atoms with Gasteiger partial charge in [-0.1, -0.05) is 0 Å². The van der Waals surface area contributed by atoms with E-state index in [1.807, 2.05) is 0 Å². The number of ether oxygens (including phenoxy) is 1. The number of H-pyrrole nitrogens is 1. The number of hydrogen-bond acceptors (Lipinski definition) is 7. The average molecular weight is 359 g/mol. The molecule has 1 aromatic heterocycles. The number of nitrogens with one attached hydrogen (secondary N) is 2. The zero-order valence-corrected chi connectivity index (χ0v) is 13.9. The summed E-state index contributed by atoms with van der Waals surface area (Å²) in [6.45, 7) is -0.0472. The van der Waals surface area contributed by atoms with Crippen LogP contribution in [0.4, 0.5) is 4.79 Å². The summed E-state index contributed by atoms with van der Waals surface area (Å²) >= 11 is 0. The Morgan fingerprint density at radius 3 is 2.54 bits per heavy atom. The minimum Gasteiger partial charge on any atom is -0.756 e. The first kappa shape index (κ1) is 17.3. The molecule has 1 saturated carbocycles. The fourth-order valence-corrected chi connectivity index (χ4v) is 3.77. The van der Waals surface area contributed by atoms with Gasteiger partial charge in [0.05, 0.1) is 24.6 Å². The standard InChI is InChI=1S/C13H21N4O6P/c18-13(14-5-6-23-24(19,20)21)22-7-10-8-1-3-11-12(16-17-15-11)4-2-9(8)10/h8-10H,1-7H2,(H,14,18)(H,15,16,17)(H2,19,20,21)/p-1/t8-,9+,10?. The molecule has 0 saturated heterocycles. The molecule has 1 heterocycles. The Balaban J connectivity index is 1.34. The van der Waals surface area contributed by atoms with Crippen LogP contribution in [0, 0.1) is 17.8 Å². The van der Waals surface area contributed by atoms with Crippen LogP contribution >= 0.6 is 7.82 Å². The Labute approximate surface area is 138 Å². The first-order valence-electron chi connectivity index (χ1n) is 7.91. The monoisotopic (exact) mass is 359 g/mol. The van der Waals surface area contributed by atoms with Gasteiger partial charge in [0.25, 0.3) is 7.82 Å². The Morgan fingerprint density at radius 1 is 1.33 bits per heavy atom. The number of phosphoric acid groups is 1. The number of nitrogens with zero attached hydrogens (tertiary/aromatic N) is 2. The molecule has 2 aliphatic rings. The van der Waals surface area contributed by atoms with Gasteiger partial charge in [-0.25, -0.2) is 4.79 Å². The second-order valence-electron chi connectivity index (χ2n) is 6.11. The lowest BCUT2D eigenvalue weighted by atomic mass is 10.0. The fourth-order valence-electron chi connectivity index (χ4n) is 3.45. The lowest BCUT2D eigenvalue weighted by molar-refractivity contribution is -0.219. The predicted octanol–water partition coefficient (Wildman–Crippen LogP) is -0.251. The quantitative estimate of drug-likeness (QED) is 0.465. The number of aryl methyl sites for hydroxylation is 2. The van der Waals surface area contributed by atoms with Gasteiger partial charge in [0.2, 0.25) is 0 Å². The Kier molecular flexibility index (Phi) is 5.19. The normalized spacial score (nSPS) is 27.8. The molecule has 2 aliphatic carbocycles. The van der Waals surface area contributed by atoms with Gasteiger partial charge in [-0.3, -0.25) is 4.57 Å². The zero-order valence-electron chi connectivity index (χ0n) is 13.0. The van der Waals surface area contributed by atoms with Crippen molar-refractivity contribution in [1.82, 2.24) is 20.7 Å². The summed E-state index contributed by atoms with van der Waals surface area (Å²) in [5.41, 5.74) is 2.08. The minimum atomic E-state index is -4.75. The summed E-state index contributed by atoms with van der Waals surface area (Å²) in [6.07, 6.45) is 3.20. The molecule has 11 heteroatoms. The van der Waals surface area contributed by atoms with Gasteiger partial charge in [-0.05, 0) is 43.4 Å². The van der Waals surface area contributed by atoms with Crippen molar-refractivity contribution < 1.29 is 28.4 Å². The van der Waals surface area contributed by atoms with E-state index in [2.05, 4.69) is 25.3 Å². The smallest absolute Gasteiger partial charge is 0.407 e. The predicted molar refractivity (Wildman–Crippen MR) is 78.6 cm³/mol. The number of aromatic nitrogens is 3. The van der Waals surface area contributed by atoms with E-state index in [1.54, 1.807) is 0 Å². The van der Waals surface area contributed by atoms with Crippen LogP contribution in [-0.2, 0) is 26.7 Å². The molecule has 134 valence electrons. The topological polar surface area (TPSA) is 149 Å². The Hall–Kier alpha value is -1.48. The van der Waals surface area contributed by atoms with Gasteiger partial charge in [0.1, 0.15) is 0 Å². The highest BCUT2D eigenvalue weighted by molar-refractivity contribution is 7.44. The maximum Gasteiger partial charge on any atom is 0.407 e. The number of alkyl carbamates (subject to hydrolysis) is 1. The summed E-state index contributed by atoms with van der Waals surface area (Å²) < 4.78 is 19.7. The molecule has 1 aromatic rings. The lowest BCUT2D eigenvalue weighted by Crippen LogP contribution is -2.28. The third-order valence-corrected chi connectivity index (χ3v) is 5.18. The van der Waals surface area contributed by atoms with E-state index in [0.717, 1.165) is 37.1 Å². The maximum absolute atomic E-state index is 11.6. The molecule has 10 nitrogen and oxygen atoms in total. The van der Waals surface area contributed by atoms with Crippen LogP contribution in [0.5, 0.6) is 0 Å². The third kappa shape index (κ3) is 4.54. The van der Waals surface area contributed by atoms with E-state index in [4.69, 9.17) is 9.63 Å². The van der Waals surface area contributed by atoms with Crippen LogP contribution < -0.4 is 10.2 Å². The highest BCUT2D eigenvalue weighted by atomic mass is 31.2. The molecule has 4 atom stereocenters. The lowest BCUT2D eigenvalue weighted by Gasteiger charge is -2.15. The molecule has 1 fully saturated rings. The molecule has 3 rings (SSSR count). The second-order valence-corrected chi connectivity index (χ2v) is 7.31. The second kappa shape index (κ2) is 7.18. The summed E-state index contributed by atoms with van der Waals surface area (Å²) in [5, 5.41) is 13.4. The highest BCUT2D eigenvalue weighted by Crippen LogP contribution is 2.52. The molecule has 2 unspecified atom stereocenters. The molecule has 0 radical (unpaired) electrons. The summed E-state index contributed by atoms with van der Waals surface area (Å²) in [4.78, 5) is 30.3. The number of hydrogen-bond donors (Lipinski definition) is 3. The third-order valence-electron chi connectivity index (χ3n) is 4.67. The van der Waals surface area contributed by atoms with Gasteiger partial charge in [0.15, 0.2) is 0 Å². The van der Waals surface area contributed by atoms with Crippen molar-refractivity contribution >= 4 is 13.9 Å². The van der Waals surface area contributed by atoms with E-state index in [0.29, 0.717) is 24.4 Å². The molecule has 1 amide bonds. The van der Waals surface area contributed by atoms with E-state index in [-0.39, 0.29) is 13.2 Å². The molecule has 0 aromatic carbocycles. The molecular weight excluding hydrogens is 339 g/mol. The number of phosphoric ester groups is 1. The molecule has 0 aliphatic heterocycles. The first-order chi connectivity index (χ1) is 11.4. The number of amides is 1. The molecule has 0 bridgehead atoms. The van der Waals surface area contributed by atoms with Crippen LogP contribution in [0.2, 0.25) is 0 Å². The van der Waals surface area contributed by atoms with E-state index in [9.17, 15) is 14.3 Å². The van der Waals surface area contributed by atoms with Crippen molar-refractivity contribution in [3.8, 4) is 0 Å². The first-order valence-corrected chi connectivity index (χ1v) is 9.41. The summed E-state index contributed by atoms with van der Waals surface area (Å²) in [5.74, 6) is 1.46. The number of rotatable bonds is 6. The molecule has 24 heavy (non-hydrogen) atoms. The van der Waals surface area contributed by atoms with Crippen molar-refractivity contribution in [2.45, 2.75) is 25.7 Å². The number of aromatic amines is 1. The number of fused-ring (bicyclic) bond motifs is 2. The molecule has 3 N–H and O–H groups in total. The SMILES string of the molecule is O=C(NCCOP(=O)([O-])O)OCC1[C@H]2CCc3n[nH]nc3CC[C@@H]12. The van der Waals surface area contributed by atoms with Gasteiger partial charge in [-0.15, -0.1) is 0 Å². The van der Waals surface area contributed by atoms with E-state index < -0.39 is 13.9 Å². The van der Waals surface area contributed by atoms with E-state index in [1.165, 1.54) is 0 Å². The maximum atomic E-state index is 11.6. The van der Waals surface area contributed by atoms with Crippen molar-refractivity contribution in [3.05, 3.63) is 11.4 Å². The summed E-state index contributed by atoms with van der Waals surface area (Å²) in [6, 6.07) is 0. The van der Waals surface area contributed by atoms with Crippen molar-refractivity contribution in [1.29, 1.82) is 0 Å². The number of carbonyl (C=O) groups excluding carboxylic acids is 1. The molecule has 0 spiro atoms. The van der Waals surface area contributed by atoms with Gasteiger partial charge in [-0.2, -0.15) is 15.4 Å². The highest BCUT2D eigenvalue weighted by Gasteiger charge is 2.50. The van der Waals surface area contributed by atoms with E-state index >= 15 is 0 Å². The average Bonchev–Trinajstić information content (AvgIpc) is 2.95. The van der Waals surface area contributed by atoms with Crippen LogP contribution in [-0.4, -0.2) is 46.2 Å².